The van der Waals surface area contributed by atoms with Crippen LogP contribution in [0.2, 0.25) is 0 Å². The molecule has 0 saturated carbocycles. The number of carbonyl (C=O) groups is 2. The number of hydrogen-bond acceptors (Lipinski definition) is 6. The molecule has 2 heterocycles. The average molecular weight is 449 g/mol. The molecule has 0 radical (unpaired) electrons. The van der Waals surface area contributed by atoms with E-state index in [4.69, 9.17) is 4.74 Å². The first-order valence-electron chi connectivity index (χ1n) is 11.2. The maximum Gasteiger partial charge on any atom is 0.350 e. The Hall–Kier alpha value is -3.68. The van der Waals surface area contributed by atoms with Gasteiger partial charge in [-0.25, -0.2) is 4.79 Å². The normalized spacial score (nSPS) is 14.3. The Morgan fingerprint density at radius 1 is 1.09 bits per heavy atom. The predicted molar refractivity (Wildman–Crippen MR) is 127 cm³/mol. The van der Waals surface area contributed by atoms with Gasteiger partial charge in [0, 0.05) is 24.2 Å². The number of ether oxygens (including phenoxy) is 1. The van der Waals surface area contributed by atoms with Gasteiger partial charge in [-0.2, -0.15) is 4.98 Å². The Bertz CT molecular complexity index is 1230. The monoisotopic (exact) mass is 448 g/mol. The zero-order valence-electron chi connectivity index (χ0n) is 18.9. The van der Waals surface area contributed by atoms with Crippen LogP contribution in [-0.2, 0) is 20.9 Å². The lowest BCUT2D eigenvalue weighted by molar-refractivity contribution is -0.148. The van der Waals surface area contributed by atoms with Crippen LogP contribution in [-0.4, -0.2) is 41.1 Å². The lowest BCUT2D eigenvalue weighted by Gasteiger charge is -2.32. The molecule has 0 unspecified atom stereocenters. The Morgan fingerprint density at radius 3 is 2.52 bits per heavy atom. The summed E-state index contributed by atoms with van der Waals surface area (Å²) in [6.45, 7) is 5.18. The maximum atomic E-state index is 13.0. The largest absolute Gasteiger partial charge is 0.466 e. The molecule has 0 aliphatic carbocycles. The number of esters is 1. The maximum absolute atomic E-state index is 13.0. The van der Waals surface area contributed by atoms with Crippen LogP contribution in [0.15, 0.2) is 53.3 Å². The molecular formula is C25H28N4O4. The predicted octanol–water partition coefficient (Wildman–Crippen LogP) is 3.12. The first-order valence-corrected chi connectivity index (χ1v) is 11.2. The minimum Gasteiger partial charge on any atom is -0.466 e. The van der Waals surface area contributed by atoms with E-state index < -0.39 is 5.69 Å². The van der Waals surface area contributed by atoms with Gasteiger partial charge in [0.2, 0.25) is 5.91 Å². The number of rotatable bonds is 6. The highest BCUT2D eigenvalue weighted by Crippen LogP contribution is 2.28. The van der Waals surface area contributed by atoms with Gasteiger partial charge in [-0.15, -0.1) is 0 Å². The summed E-state index contributed by atoms with van der Waals surface area (Å²) in [5, 5.41) is 3.67. The molecule has 8 nitrogen and oxygen atoms in total. The summed E-state index contributed by atoms with van der Waals surface area (Å²) in [4.78, 5) is 44.1. The van der Waals surface area contributed by atoms with Crippen molar-refractivity contribution in [1.29, 1.82) is 0 Å². The molecule has 1 aliphatic heterocycles. The number of piperidine rings is 1. The second-order valence-corrected chi connectivity index (χ2v) is 8.20. The smallest absolute Gasteiger partial charge is 0.350 e. The number of carbonyl (C=O) groups excluding carboxylic acids is 2. The van der Waals surface area contributed by atoms with Gasteiger partial charge < -0.3 is 15.0 Å². The van der Waals surface area contributed by atoms with Gasteiger partial charge in [-0.3, -0.25) is 14.2 Å². The van der Waals surface area contributed by atoms with Gasteiger partial charge in [-0.05, 0) is 50.5 Å². The molecule has 0 bridgehead atoms. The fraction of sp³-hybridized carbons (Fsp3) is 0.360. The molecule has 3 aromatic rings. The van der Waals surface area contributed by atoms with Gasteiger partial charge in [0.05, 0.1) is 18.0 Å². The topological polar surface area (TPSA) is 93.5 Å². The van der Waals surface area contributed by atoms with E-state index >= 15 is 0 Å². The number of fused-ring (bicyclic) bond motifs is 1. The zero-order chi connectivity index (χ0) is 23.4. The van der Waals surface area contributed by atoms with Gasteiger partial charge in [-0.1, -0.05) is 30.3 Å². The van der Waals surface area contributed by atoms with Crippen molar-refractivity contribution in [2.24, 2.45) is 5.92 Å². The number of aryl methyl sites for hydroxylation is 1. The van der Waals surface area contributed by atoms with Crippen molar-refractivity contribution in [3.63, 3.8) is 0 Å². The highest BCUT2D eigenvalue weighted by atomic mass is 16.5. The molecule has 1 fully saturated rings. The van der Waals surface area contributed by atoms with E-state index in [1.54, 1.807) is 6.92 Å². The van der Waals surface area contributed by atoms with Crippen LogP contribution < -0.4 is 15.9 Å². The molecule has 1 saturated heterocycles. The van der Waals surface area contributed by atoms with Crippen LogP contribution >= 0.6 is 0 Å². The third-order valence-corrected chi connectivity index (χ3v) is 6.00. The molecule has 33 heavy (non-hydrogen) atoms. The van der Waals surface area contributed by atoms with Crippen molar-refractivity contribution >= 4 is 34.3 Å². The Balaban J connectivity index is 1.58. The summed E-state index contributed by atoms with van der Waals surface area (Å²) < 4.78 is 6.55. The summed E-state index contributed by atoms with van der Waals surface area (Å²) in [5.41, 5.74) is 1.84. The van der Waals surface area contributed by atoms with E-state index in [2.05, 4.69) is 10.3 Å². The van der Waals surface area contributed by atoms with Crippen molar-refractivity contribution in [2.45, 2.75) is 33.2 Å². The van der Waals surface area contributed by atoms with Crippen LogP contribution in [0.5, 0.6) is 0 Å². The van der Waals surface area contributed by atoms with E-state index in [-0.39, 0.29) is 24.3 Å². The van der Waals surface area contributed by atoms with Crippen molar-refractivity contribution in [3.05, 3.63) is 64.6 Å². The first-order chi connectivity index (χ1) is 16.0. The number of amides is 1. The fourth-order valence-electron chi connectivity index (χ4n) is 4.24. The van der Waals surface area contributed by atoms with Gasteiger partial charge in [0.15, 0.2) is 0 Å². The van der Waals surface area contributed by atoms with Crippen LogP contribution in [0.4, 0.5) is 11.5 Å². The molecule has 0 atom stereocenters. The molecule has 2 aromatic carbocycles. The standard InChI is InChI=1S/C25H28N4O4/c1-3-33-24(31)18-12-14-28(15-13-18)23-19-9-5-7-11-21(19)29(25(32)27-23)16-22(30)26-20-10-6-4-8-17(20)2/h4-11,18H,3,12-16H2,1-2H3,(H,26,30). The second-order valence-electron chi connectivity index (χ2n) is 8.20. The molecule has 1 amide bonds. The van der Waals surface area contributed by atoms with E-state index in [0.717, 1.165) is 10.9 Å². The average Bonchev–Trinajstić information content (AvgIpc) is 2.82. The minimum atomic E-state index is -0.476. The molecular weight excluding hydrogens is 420 g/mol. The Morgan fingerprint density at radius 2 is 1.79 bits per heavy atom. The number of anilines is 2. The number of nitrogens with one attached hydrogen (secondary N) is 1. The number of nitrogens with zero attached hydrogens (tertiary/aromatic N) is 3. The number of benzene rings is 2. The van der Waals surface area contributed by atoms with E-state index in [9.17, 15) is 14.4 Å². The lowest BCUT2D eigenvalue weighted by atomic mass is 9.97. The zero-order valence-corrected chi connectivity index (χ0v) is 18.9. The summed E-state index contributed by atoms with van der Waals surface area (Å²) >= 11 is 0. The minimum absolute atomic E-state index is 0.127. The fourth-order valence-corrected chi connectivity index (χ4v) is 4.24. The summed E-state index contributed by atoms with van der Waals surface area (Å²) in [5.74, 6) is 0.0119. The molecule has 1 N–H and O–H groups in total. The van der Waals surface area contributed by atoms with Gasteiger partial charge >= 0.3 is 11.7 Å². The van der Waals surface area contributed by atoms with E-state index in [0.29, 0.717) is 49.6 Å². The molecule has 8 heteroatoms. The van der Waals surface area contributed by atoms with E-state index in [1.165, 1.54) is 4.57 Å². The lowest BCUT2D eigenvalue weighted by Crippen LogP contribution is -2.39. The van der Waals surface area contributed by atoms with Crippen molar-refractivity contribution in [3.8, 4) is 0 Å². The Labute approximate surface area is 192 Å². The molecule has 172 valence electrons. The third kappa shape index (κ3) is 4.89. The van der Waals surface area contributed by atoms with Crippen LogP contribution in [0.25, 0.3) is 10.9 Å². The molecule has 4 rings (SSSR count). The molecule has 1 aromatic heterocycles. The summed E-state index contributed by atoms with van der Waals surface area (Å²) in [6.07, 6.45) is 1.30. The van der Waals surface area contributed by atoms with Crippen molar-refractivity contribution in [2.75, 3.05) is 29.9 Å². The first kappa shape index (κ1) is 22.5. The molecule has 1 aliphatic rings. The number of para-hydroxylation sites is 2. The summed E-state index contributed by atoms with van der Waals surface area (Å²) in [7, 11) is 0. The van der Waals surface area contributed by atoms with Crippen molar-refractivity contribution in [1.82, 2.24) is 9.55 Å². The third-order valence-electron chi connectivity index (χ3n) is 6.00. The number of aromatic nitrogens is 2. The van der Waals surface area contributed by atoms with E-state index in [1.807, 2.05) is 60.4 Å². The van der Waals surface area contributed by atoms with Gasteiger partial charge in [0.1, 0.15) is 12.4 Å². The van der Waals surface area contributed by atoms with Crippen LogP contribution in [0, 0.1) is 12.8 Å². The highest BCUT2D eigenvalue weighted by molar-refractivity contribution is 5.94. The quantitative estimate of drug-likeness (QED) is 0.583. The van der Waals surface area contributed by atoms with Crippen molar-refractivity contribution < 1.29 is 14.3 Å². The number of hydrogen-bond donors (Lipinski definition) is 1. The Kier molecular flexibility index (Phi) is 6.72. The highest BCUT2D eigenvalue weighted by Gasteiger charge is 2.28. The van der Waals surface area contributed by atoms with Crippen LogP contribution in [0.1, 0.15) is 25.3 Å². The van der Waals surface area contributed by atoms with Gasteiger partial charge in [0.25, 0.3) is 0 Å². The van der Waals surface area contributed by atoms with Crippen LogP contribution in [0.3, 0.4) is 0 Å². The summed E-state index contributed by atoms with van der Waals surface area (Å²) in [6, 6.07) is 15.0. The SMILES string of the molecule is CCOC(=O)C1CCN(c2nc(=O)n(CC(=O)Nc3ccccc3C)c3ccccc23)CC1. The molecule has 0 spiro atoms. The second kappa shape index (κ2) is 9.85.